The van der Waals surface area contributed by atoms with E-state index in [0.717, 1.165) is 12.2 Å². The van der Waals surface area contributed by atoms with Crippen LogP contribution >= 0.6 is 0 Å². The monoisotopic (exact) mass is 352 g/mol. The Morgan fingerprint density at radius 1 is 1.19 bits per heavy atom. The molecule has 0 saturated carbocycles. The number of hydrogen-bond donors (Lipinski definition) is 2. The van der Waals surface area contributed by atoms with Crippen LogP contribution in [-0.4, -0.2) is 35.0 Å². The quantitative estimate of drug-likeness (QED) is 0.573. The van der Waals surface area contributed by atoms with Gasteiger partial charge in [-0.3, -0.25) is 5.10 Å². The van der Waals surface area contributed by atoms with E-state index in [1.165, 1.54) is 10.6 Å². The molecule has 4 rings (SSSR count). The van der Waals surface area contributed by atoms with Gasteiger partial charge in [-0.1, -0.05) is 19.1 Å². The van der Waals surface area contributed by atoms with Gasteiger partial charge >= 0.3 is 0 Å². The third kappa shape index (κ3) is 2.87. The highest BCUT2D eigenvalue weighted by atomic mass is 19.1. The van der Waals surface area contributed by atoms with Crippen molar-refractivity contribution in [3.63, 3.8) is 0 Å². The van der Waals surface area contributed by atoms with Gasteiger partial charge in [0.05, 0.1) is 11.6 Å². The Hall–Kier alpha value is -3.36. The van der Waals surface area contributed by atoms with Gasteiger partial charge in [0.1, 0.15) is 17.5 Å². The van der Waals surface area contributed by atoms with Crippen LogP contribution in [-0.2, 0) is 0 Å². The number of fused-ring (bicyclic) bond motifs is 1. The number of anilines is 1. The Balaban J connectivity index is 1.71. The first-order valence-corrected chi connectivity index (χ1v) is 8.28. The van der Waals surface area contributed by atoms with Gasteiger partial charge in [-0.15, -0.1) is 15.3 Å². The third-order valence-electron chi connectivity index (χ3n) is 4.03. The Bertz CT molecular complexity index is 1050. The van der Waals surface area contributed by atoms with E-state index >= 15 is 0 Å². The summed E-state index contributed by atoms with van der Waals surface area (Å²) < 4.78 is 15.6. The molecule has 132 valence electrons. The molecule has 0 bridgehead atoms. The SMILES string of the molecule is CCC(Nc1ccc2nnc(-c3ccccc3F)n2n1)c1n[nH]c(C)n1. The molecule has 1 atom stereocenters. The minimum absolute atomic E-state index is 0.0988. The fourth-order valence-corrected chi connectivity index (χ4v) is 2.72. The molecule has 0 fully saturated rings. The van der Waals surface area contributed by atoms with Crippen molar-refractivity contribution in [2.24, 2.45) is 0 Å². The lowest BCUT2D eigenvalue weighted by Crippen LogP contribution is -2.13. The normalized spacial score (nSPS) is 12.4. The van der Waals surface area contributed by atoms with Crippen molar-refractivity contribution < 1.29 is 4.39 Å². The average molecular weight is 352 g/mol. The Labute approximate surface area is 148 Å². The molecule has 0 aliphatic carbocycles. The van der Waals surface area contributed by atoms with Crippen molar-refractivity contribution in [1.82, 2.24) is 35.0 Å². The molecular formula is C17H17FN8. The van der Waals surface area contributed by atoms with E-state index in [4.69, 9.17) is 0 Å². The number of aromatic nitrogens is 7. The topological polar surface area (TPSA) is 96.7 Å². The van der Waals surface area contributed by atoms with Crippen molar-refractivity contribution >= 4 is 11.5 Å². The fraction of sp³-hybridized carbons (Fsp3) is 0.235. The zero-order valence-electron chi connectivity index (χ0n) is 14.3. The fourth-order valence-electron chi connectivity index (χ4n) is 2.72. The zero-order chi connectivity index (χ0) is 18.1. The molecule has 0 spiro atoms. The minimum Gasteiger partial charge on any atom is -0.359 e. The summed E-state index contributed by atoms with van der Waals surface area (Å²) in [6.45, 7) is 3.89. The standard InChI is InChI=1S/C17H17FN8/c1-3-13(16-19-10(2)21-23-16)20-14-8-9-15-22-24-17(26(15)25-14)11-6-4-5-7-12(11)18/h4-9,13H,3H2,1-2H3,(H,20,25)(H,19,21,23). The number of hydrogen-bond acceptors (Lipinski definition) is 6. The van der Waals surface area contributed by atoms with Gasteiger partial charge in [0, 0.05) is 0 Å². The number of nitrogens with one attached hydrogen (secondary N) is 2. The van der Waals surface area contributed by atoms with Gasteiger partial charge in [0.2, 0.25) is 0 Å². The second-order valence-corrected chi connectivity index (χ2v) is 5.88. The van der Waals surface area contributed by atoms with Gasteiger partial charge in [0.15, 0.2) is 17.3 Å². The molecule has 0 radical (unpaired) electrons. The van der Waals surface area contributed by atoms with Crippen LogP contribution in [0.1, 0.15) is 31.0 Å². The van der Waals surface area contributed by atoms with E-state index in [0.29, 0.717) is 28.7 Å². The maximum absolute atomic E-state index is 14.1. The number of aromatic amines is 1. The van der Waals surface area contributed by atoms with Crippen molar-refractivity contribution in [3.8, 4) is 11.4 Å². The predicted octanol–water partition coefficient (Wildman–Crippen LogP) is 2.92. The zero-order valence-corrected chi connectivity index (χ0v) is 14.3. The molecule has 1 aromatic carbocycles. The Morgan fingerprint density at radius 3 is 2.77 bits per heavy atom. The number of benzene rings is 1. The van der Waals surface area contributed by atoms with Gasteiger partial charge in [-0.25, -0.2) is 9.37 Å². The molecule has 9 heteroatoms. The van der Waals surface area contributed by atoms with Crippen LogP contribution in [0.5, 0.6) is 0 Å². The molecule has 8 nitrogen and oxygen atoms in total. The summed E-state index contributed by atoms with van der Waals surface area (Å²) >= 11 is 0. The molecular weight excluding hydrogens is 335 g/mol. The number of H-pyrrole nitrogens is 1. The second-order valence-electron chi connectivity index (χ2n) is 5.88. The summed E-state index contributed by atoms with van der Waals surface area (Å²) in [5.41, 5.74) is 0.886. The van der Waals surface area contributed by atoms with Crippen LogP contribution in [0.2, 0.25) is 0 Å². The predicted molar refractivity (Wildman–Crippen MR) is 94.0 cm³/mol. The first-order valence-electron chi connectivity index (χ1n) is 8.28. The third-order valence-corrected chi connectivity index (χ3v) is 4.03. The van der Waals surface area contributed by atoms with Crippen LogP contribution in [0.4, 0.5) is 10.2 Å². The Kier molecular flexibility index (Phi) is 4.04. The van der Waals surface area contributed by atoms with Gasteiger partial charge < -0.3 is 5.32 Å². The van der Waals surface area contributed by atoms with Crippen LogP contribution in [0.15, 0.2) is 36.4 Å². The summed E-state index contributed by atoms with van der Waals surface area (Å²) in [4.78, 5) is 4.37. The van der Waals surface area contributed by atoms with Crippen LogP contribution < -0.4 is 5.32 Å². The van der Waals surface area contributed by atoms with Crippen molar-refractivity contribution in [1.29, 1.82) is 0 Å². The summed E-state index contributed by atoms with van der Waals surface area (Å²) in [5, 5.41) is 23.0. The molecule has 3 heterocycles. The molecule has 1 unspecified atom stereocenters. The number of halogens is 1. The first-order chi connectivity index (χ1) is 12.7. The lowest BCUT2D eigenvalue weighted by Gasteiger charge is -2.14. The second kappa shape index (κ2) is 6.51. The van der Waals surface area contributed by atoms with E-state index in [1.54, 1.807) is 30.3 Å². The summed E-state index contributed by atoms with van der Waals surface area (Å²) in [7, 11) is 0. The maximum atomic E-state index is 14.1. The molecule has 0 amide bonds. The lowest BCUT2D eigenvalue weighted by molar-refractivity contribution is 0.629. The maximum Gasteiger partial charge on any atom is 0.188 e. The average Bonchev–Trinajstić information content (AvgIpc) is 3.26. The van der Waals surface area contributed by atoms with Gasteiger partial charge in [0.25, 0.3) is 0 Å². The largest absolute Gasteiger partial charge is 0.359 e. The molecule has 3 aromatic heterocycles. The van der Waals surface area contributed by atoms with Gasteiger partial charge in [-0.2, -0.15) is 9.61 Å². The van der Waals surface area contributed by atoms with E-state index in [9.17, 15) is 4.39 Å². The molecule has 0 saturated heterocycles. The smallest absolute Gasteiger partial charge is 0.188 e. The minimum atomic E-state index is -0.371. The lowest BCUT2D eigenvalue weighted by atomic mass is 10.2. The van der Waals surface area contributed by atoms with E-state index in [2.05, 4.69) is 35.8 Å². The highest BCUT2D eigenvalue weighted by Crippen LogP contribution is 2.23. The Morgan fingerprint density at radius 2 is 2.04 bits per heavy atom. The number of aryl methyl sites for hydroxylation is 1. The van der Waals surface area contributed by atoms with Crippen molar-refractivity contribution in [2.75, 3.05) is 5.32 Å². The van der Waals surface area contributed by atoms with Crippen molar-refractivity contribution in [3.05, 3.63) is 53.9 Å². The van der Waals surface area contributed by atoms with Gasteiger partial charge in [-0.05, 0) is 37.6 Å². The first kappa shape index (κ1) is 16.1. The van der Waals surface area contributed by atoms with Crippen molar-refractivity contribution in [2.45, 2.75) is 26.3 Å². The van der Waals surface area contributed by atoms with Crippen LogP contribution in [0.25, 0.3) is 17.0 Å². The van der Waals surface area contributed by atoms with E-state index in [1.807, 2.05) is 13.8 Å². The highest BCUT2D eigenvalue weighted by Gasteiger charge is 2.17. The molecule has 26 heavy (non-hydrogen) atoms. The number of nitrogens with zero attached hydrogens (tertiary/aromatic N) is 6. The molecule has 2 N–H and O–H groups in total. The molecule has 0 aliphatic rings. The van der Waals surface area contributed by atoms with Crippen LogP contribution in [0.3, 0.4) is 0 Å². The van der Waals surface area contributed by atoms with E-state index in [-0.39, 0.29) is 11.9 Å². The van der Waals surface area contributed by atoms with Crippen LogP contribution in [0, 0.1) is 12.7 Å². The highest BCUT2D eigenvalue weighted by molar-refractivity contribution is 5.60. The summed E-state index contributed by atoms with van der Waals surface area (Å²) in [5.74, 6) is 2.01. The number of rotatable bonds is 5. The summed E-state index contributed by atoms with van der Waals surface area (Å²) in [6, 6.07) is 9.90. The molecule has 4 aromatic rings. The summed E-state index contributed by atoms with van der Waals surface area (Å²) in [6.07, 6.45) is 0.777. The molecule has 0 aliphatic heterocycles. The van der Waals surface area contributed by atoms with E-state index < -0.39 is 0 Å².